The van der Waals surface area contributed by atoms with Crippen LogP contribution in [0.25, 0.3) is 0 Å². The second-order valence-corrected chi connectivity index (χ2v) is 2.23. The molecule has 0 spiro atoms. The minimum Gasteiger partial charge on any atom is -0.870 e. The molecule has 0 unspecified atom stereocenters. The maximum atomic E-state index is 4.85. The summed E-state index contributed by atoms with van der Waals surface area (Å²) in [4.78, 5) is 0. The van der Waals surface area contributed by atoms with E-state index in [2.05, 4.69) is 0 Å². The Kier molecular flexibility index (Phi) is 19.9. The van der Waals surface area contributed by atoms with Crippen LogP contribution in [0, 0.1) is 0 Å². The summed E-state index contributed by atoms with van der Waals surface area (Å²) < 4.78 is 0. The first kappa shape index (κ1) is 8.91. The van der Waals surface area contributed by atoms with Crippen molar-refractivity contribution < 1.29 is 5.48 Å². The molecule has 0 aromatic carbocycles. The van der Waals surface area contributed by atoms with Crippen LogP contribution in [0.3, 0.4) is 0 Å². The molecule has 0 saturated heterocycles. The molecule has 0 amide bonds. The maximum absolute atomic E-state index is 4.85. The smallest absolute Gasteiger partial charge is 0.870 e. The number of halogens is 2. The standard InChI is InChI=1S/Al.2ClH.H2O/h;2*1H;1H2/q+3;;;/p-3. The number of rotatable bonds is 0. The normalized spacial score (nSPS) is 2.50. The van der Waals surface area contributed by atoms with Gasteiger partial charge in [0.2, 0.25) is 0 Å². The van der Waals surface area contributed by atoms with E-state index in [1.807, 2.05) is 0 Å². The predicted molar refractivity (Wildman–Crippen MR) is 19.4 cm³/mol. The molecule has 24 valence electrons. The Balaban J connectivity index is 0. The quantitative estimate of drug-likeness (QED) is 0.429. The first-order valence-electron chi connectivity index (χ1n) is 0.436. The van der Waals surface area contributed by atoms with Gasteiger partial charge in [0.15, 0.2) is 0 Å². The van der Waals surface area contributed by atoms with Gasteiger partial charge in [0.1, 0.15) is 0 Å². The van der Waals surface area contributed by atoms with E-state index in [0.717, 1.165) is 0 Å². The second kappa shape index (κ2) is 8.95. The summed E-state index contributed by atoms with van der Waals surface area (Å²) in [5, 5.41) is 0. The van der Waals surface area contributed by atoms with Gasteiger partial charge < -0.3 is 5.48 Å². The van der Waals surface area contributed by atoms with E-state index in [-0.39, 0.29) is 18.9 Å². The van der Waals surface area contributed by atoms with Crippen LogP contribution in [-0.2, 0) is 0 Å². The molecular weight excluding hydrogens is 114 g/mol. The fraction of sp³-hybridized carbons (Fsp3) is 0. The molecule has 0 atom stereocenters. The zero-order valence-electron chi connectivity index (χ0n) is 1.78. The van der Waals surface area contributed by atoms with Gasteiger partial charge >= 0.3 is 33.5 Å². The molecule has 0 aliphatic carbocycles. The molecule has 4 heteroatoms. The van der Waals surface area contributed by atoms with Crippen molar-refractivity contribution in [2.75, 3.05) is 0 Å². The van der Waals surface area contributed by atoms with Crippen molar-refractivity contribution in [3.8, 4) is 0 Å². The molecule has 0 aromatic heterocycles. The van der Waals surface area contributed by atoms with Crippen LogP contribution in [0.5, 0.6) is 0 Å². The van der Waals surface area contributed by atoms with Crippen molar-refractivity contribution in [1.82, 2.24) is 0 Å². The van der Waals surface area contributed by atoms with Crippen LogP contribution in [0.4, 0.5) is 0 Å². The van der Waals surface area contributed by atoms with Crippen molar-refractivity contribution in [3.63, 3.8) is 0 Å². The molecule has 0 fully saturated rings. The zero-order valence-corrected chi connectivity index (χ0v) is 4.45. The maximum Gasteiger partial charge on any atom is -0.870 e. The summed E-state index contributed by atoms with van der Waals surface area (Å²) >= 11 is -0.306. The Morgan fingerprint density at radius 1 is 1.25 bits per heavy atom. The van der Waals surface area contributed by atoms with E-state index >= 15 is 0 Å². The summed E-state index contributed by atoms with van der Waals surface area (Å²) in [6.07, 6.45) is 0. The second-order valence-electron chi connectivity index (χ2n) is 0.0825. The summed E-state index contributed by atoms with van der Waals surface area (Å²) in [5.74, 6) is 0. The first-order chi connectivity index (χ1) is 1.41. The molecule has 0 heterocycles. The first-order valence-corrected chi connectivity index (χ1v) is 3.93. The van der Waals surface area contributed by atoms with Crippen LogP contribution in [-0.4, -0.2) is 18.9 Å². The van der Waals surface area contributed by atoms with Crippen LogP contribution in [0.2, 0.25) is 0 Å². The largest absolute Gasteiger partial charge is 0.870 e. The molecule has 4 heavy (non-hydrogen) atoms. The fourth-order valence-electron chi connectivity index (χ4n) is 0. The molecular formula is HAlCl2O. The Hall–Kier alpha value is 1.07. The van der Waals surface area contributed by atoms with E-state index in [0.29, 0.717) is 0 Å². The molecule has 0 aliphatic rings. The summed E-state index contributed by atoms with van der Waals surface area (Å²) in [6, 6.07) is 0. The van der Waals surface area contributed by atoms with Gasteiger partial charge in [-0.2, -0.15) is 0 Å². The van der Waals surface area contributed by atoms with Gasteiger partial charge in [-0.1, -0.05) is 0 Å². The average molecular weight is 115 g/mol. The molecule has 1 nitrogen and oxygen atoms in total. The summed E-state index contributed by atoms with van der Waals surface area (Å²) in [7, 11) is 9.69. The Morgan fingerprint density at radius 2 is 1.25 bits per heavy atom. The van der Waals surface area contributed by atoms with Crippen molar-refractivity contribution in [3.05, 3.63) is 0 Å². The Labute approximate surface area is 39.3 Å². The molecule has 0 aromatic rings. The molecule has 0 radical (unpaired) electrons. The third-order valence-electron chi connectivity index (χ3n) is 0. The fourth-order valence-corrected chi connectivity index (χ4v) is 0. The number of hydrogen-bond donors (Lipinski definition) is 0. The van der Waals surface area contributed by atoms with Crippen molar-refractivity contribution in [1.29, 1.82) is 0 Å². The van der Waals surface area contributed by atoms with Gasteiger partial charge in [-0.05, 0) is 0 Å². The molecule has 0 aliphatic heterocycles. The topological polar surface area (TPSA) is 30.0 Å². The van der Waals surface area contributed by atoms with Crippen LogP contribution >= 0.6 is 20.1 Å². The summed E-state index contributed by atoms with van der Waals surface area (Å²) in [5.41, 5.74) is 0. The van der Waals surface area contributed by atoms with E-state index < -0.39 is 0 Å². The van der Waals surface area contributed by atoms with Gasteiger partial charge in [0, 0.05) is 0 Å². The van der Waals surface area contributed by atoms with Crippen LogP contribution < -0.4 is 0 Å². The number of hydrogen-bond acceptors (Lipinski definition) is 1. The van der Waals surface area contributed by atoms with Crippen molar-refractivity contribution in [2.45, 2.75) is 0 Å². The van der Waals surface area contributed by atoms with Crippen molar-refractivity contribution >= 4 is 33.5 Å². The SMILES string of the molecule is [Cl][Al+][Cl].[OH-]. The van der Waals surface area contributed by atoms with E-state index in [9.17, 15) is 0 Å². The average Bonchev–Trinajstić information content (AvgIpc) is 0.918. The monoisotopic (exact) mass is 114 g/mol. The van der Waals surface area contributed by atoms with Crippen molar-refractivity contribution in [2.24, 2.45) is 0 Å². The Bertz CT molecular complexity index is 6.00. The van der Waals surface area contributed by atoms with Gasteiger partial charge in [0.25, 0.3) is 0 Å². The van der Waals surface area contributed by atoms with Crippen LogP contribution in [0.15, 0.2) is 0 Å². The van der Waals surface area contributed by atoms with E-state index in [1.54, 1.807) is 0 Å². The van der Waals surface area contributed by atoms with Gasteiger partial charge in [-0.25, -0.2) is 0 Å². The molecule has 1 N–H and O–H groups in total. The summed E-state index contributed by atoms with van der Waals surface area (Å²) in [6.45, 7) is 0. The third-order valence-corrected chi connectivity index (χ3v) is 0. The van der Waals surface area contributed by atoms with E-state index in [1.165, 1.54) is 0 Å². The van der Waals surface area contributed by atoms with Crippen LogP contribution in [0.1, 0.15) is 0 Å². The molecule has 0 rings (SSSR count). The van der Waals surface area contributed by atoms with Gasteiger partial charge in [-0.3, -0.25) is 0 Å². The van der Waals surface area contributed by atoms with Gasteiger partial charge in [-0.15, -0.1) is 0 Å². The third kappa shape index (κ3) is 11.5. The zero-order chi connectivity index (χ0) is 2.71. The Morgan fingerprint density at radius 3 is 1.25 bits per heavy atom. The predicted octanol–water partition coefficient (Wildman–Crippen LogP) is 0.821. The minimum atomic E-state index is -0.306. The van der Waals surface area contributed by atoms with E-state index in [4.69, 9.17) is 20.1 Å². The van der Waals surface area contributed by atoms with Gasteiger partial charge in [0.05, 0.1) is 0 Å². The molecule has 0 bridgehead atoms. The minimum absolute atomic E-state index is 0. The molecule has 0 saturated carbocycles.